The number of nitrogens with zero attached hydrogens (tertiary/aromatic N) is 3. The van der Waals surface area contributed by atoms with E-state index in [1.165, 1.54) is 0 Å². The fourth-order valence-corrected chi connectivity index (χ4v) is 2.79. The zero-order chi connectivity index (χ0) is 14.8. The molecule has 0 unspecified atom stereocenters. The molecule has 1 aliphatic rings. The lowest BCUT2D eigenvalue weighted by atomic mass is 10.0. The molecule has 5 heteroatoms. The summed E-state index contributed by atoms with van der Waals surface area (Å²) in [6.07, 6.45) is 2.48. The van der Waals surface area contributed by atoms with E-state index < -0.39 is 0 Å². The number of nitrogens with one attached hydrogen (secondary N) is 1. The van der Waals surface area contributed by atoms with Crippen LogP contribution >= 0.6 is 0 Å². The van der Waals surface area contributed by atoms with Crippen LogP contribution in [0.1, 0.15) is 25.1 Å². The molecule has 2 aromatic heterocycles. The molecule has 0 atom stereocenters. The van der Waals surface area contributed by atoms with Crippen LogP contribution in [-0.2, 0) is 13.0 Å². The van der Waals surface area contributed by atoms with Gasteiger partial charge in [-0.1, -0.05) is 19.9 Å². The van der Waals surface area contributed by atoms with Crippen molar-refractivity contribution in [2.45, 2.75) is 26.8 Å². The zero-order valence-corrected chi connectivity index (χ0v) is 12.5. The maximum Gasteiger partial charge on any atom is 0.254 e. The molecular weight excluding hydrogens is 264 g/mol. The normalized spacial score (nSPS) is 15.2. The molecule has 0 spiro atoms. The van der Waals surface area contributed by atoms with Crippen LogP contribution in [-0.4, -0.2) is 32.9 Å². The molecule has 0 amide bonds. The highest BCUT2D eigenvalue weighted by Crippen LogP contribution is 2.18. The van der Waals surface area contributed by atoms with E-state index in [1.807, 2.05) is 18.2 Å². The smallest absolute Gasteiger partial charge is 0.254 e. The van der Waals surface area contributed by atoms with Crippen molar-refractivity contribution in [2.24, 2.45) is 5.92 Å². The van der Waals surface area contributed by atoms with Crippen molar-refractivity contribution in [1.82, 2.24) is 19.9 Å². The van der Waals surface area contributed by atoms with E-state index in [2.05, 4.69) is 33.7 Å². The fourth-order valence-electron chi connectivity index (χ4n) is 2.79. The summed E-state index contributed by atoms with van der Waals surface area (Å²) in [7, 11) is 0. The Morgan fingerprint density at radius 1 is 1.38 bits per heavy atom. The van der Waals surface area contributed by atoms with Gasteiger partial charge in [0.25, 0.3) is 5.56 Å². The van der Waals surface area contributed by atoms with Gasteiger partial charge < -0.3 is 4.98 Å². The van der Waals surface area contributed by atoms with Crippen LogP contribution in [0, 0.1) is 5.92 Å². The average Bonchev–Trinajstić information content (AvgIpc) is 2.47. The lowest BCUT2D eigenvalue weighted by molar-refractivity contribution is 0.222. The van der Waals surface area contributed by atoms with Crippen molar-refractivity contribution >= 4 is 0 Å². The lowest BCUT2D eigenvalue weighted by Gasteiger charge is -2.28. The molecule has 3 heterocycles. The van der Waals surface area contributed by atoms with E-state index in [9.17, 15) is 4.79 Å². The third-order valence-electron chi connectivity index (χ3n) is 3.68. The molecule has 110 valence electrons. The van der Waals surface area contributed by atoms with E-state index >= 15 is 0 Å². The van der Waals surface area contributed by atoms with Crippen molar-refractivity contribution in [3.05, 3.63) is 46.0 Å². The van der Waals surface area contributed by atoms with Gasteiger partial charge in [-0.2, -0.15) is 0 Å². The third-order valence-corrected chi connectivity index (χ3v) is 3.68. The van der Waals surface area contributed by atoms with Crippen LogP contribution in [0.3, 0.4) is 0 Å². The molecular formula is C16H20N4O. The molecule has 1 aliphatic heterocycles. The summed E-state index contributed by atoms with van der Waals surface area (Å²) in [5, 5.41) is 0. The van der Waals surface area contributed by atoms with Crippen LogP contribution in [0.4, 0.5) is 0 Å². The standard InChI is InChI=1S/C16H20N4O/c1-11(2)9-20-8-6-12-14(10-20)18-15(19-16(12)21)13-5-3-4-7-17-13/h3-5,7,11H,6,8-10H2,1-2H3,(H,18,19,21). The summed E-state index contributed by atoms with van der Waals surface area (Å²) >= 11 is 0. The van der Waals surface area contributed by atoms with Crippen molar-refractivity contribution in [3.63, 3.8) is 0 Å². The van der Waals surface area contributed by atoms with E-state index in [0.717, 1.165) is 37.3 Å². The van der Waals surface area contributed by atoms with E-state index in [-0.39, 0.29) is 5.56 Å². The monoisotopic (exact) mass is 284 g/mol. The molecule has 0 saturated heterocycles. The van der Waals surface area contributed by atoms with Gasteiger partial charge in [0.05, 0.1) is 5.69 Å². The Hall–Kier alpha value is -2.01. The van der Waals surface area contributed by atoms with E-state index in [4.69, 9.17) is 0 Å². The van der Waals surface area contributed by atoms with Crippen LogP contribution in [0.2, 0.25) is 0 Å². The van der Waals surface area contributed by atoms with Gasteiger partial charge in [0.1, 0.15) is 5.69 Å². The van der Waals surface area contributed by atoms with Gasteiger partial charge in [-0.25, -0.2) is 4.98 Å². The summed E-state index contributed by atoms with van der Waals surface area (Å²) in [6, 6.07) is 5.61. The molecule has 0 saturated carbocycles. The zero-order valence-electron chi connectivity index (χ0n) is 12.5. The number of pyridine rings is 1. The molecule has 0 aliphatic carbocycles. The maximum atomic E-state index is 12.2. The first kappa shape index (κ1) is 13.9. The van der Waals surface area contributed by atoms with E-state index in [0.29, 0.717) is 17.4 Å². The van der Waals surface area contributed by atoms with Crippen LogP contribution in [0.25, 0.3) is 11.5 Å². The summed E-state index contributed by atoms with van der Waals surface area (Å²) in [6.45, 7) is 7.13. The minimum atomic E-state index is -0.0233. The molecule has 0 radical (unpaired) electrons. The summed E-state index contributed by atoms with van der Waals surface area (Å²) in [5.41, 5.74) is 2.41. The minimum Gasteiger partial charge on any atom is -0.305 e. The van der Waals surface area contributed by atoms with Crippen LogP contribution in [0.15, 0.2) is 29.2 Å². The topological polar surface area (TPSA) is 61.9 Å². The average molecular weight is 284 g/mol. The van der Waals surface area contributed by atoms with Gasteiger partial charge in [0, 0.05) is 31.4 Å². The third kappa shape index (κ3) is 3.03. The fraction of sp³-hybridized carbons (Fsp3) is 0.438. The quantitative estimate of drug-likeness (QED) is 0.934. The van der Waals surface area contributed by atoms with Crippen molar-refractivity contribution < 1.29 is 0 Å². The Morgan fingerprint density at radius 3 is 2.95 bits per heavy atom. The second kappa shape index (κ2) is 5.77. The number of aromatic amines is 1. The van der Waals surface area contributed by atoms with Gasteiger partial charge in [-0.15, -0.1) is 0 Å². The summed E-state index contributed by atoms with van der Waals surface area (Å²) in [4.78, 5) is 26.4. The highest BCUT2D eigenvalue weighted by Gasteiger charge is 2.21. The molecule has 0 bridgehead atoms. The number of hydrogen-bond donors (Lipinski definition) is 1. The van der Waals surface area contributed by atoms with Crippen LogP contribution < -0.4 is 5.56 Å². The first-order valence-electron chi connectivity index (χ1n) is 7.39. The van der Waals surface area contributed by atoms with Crippen LogP contribution in [0.5, 0.6) is 0 Å². The molecule has 0 aromatic carbocycles. The Bertz CT molecular complexity index is 678. The largest absolute Gasteiger partial charge is 0.305 e. The molecule has 2 aromatic rings. The molecule has 0 fully saturated rings. The predicted molar refractivity (Wildman–Crippen MR) is 81.9 cm³/mol. The lowest BCUT2D eigenvalue weighted by Crippen LogP contribution is -2.37. The minimum absolute atomic E-state index is 0.0233. The summed E-state index contributed by atoms with van der Waals surface area (Å²) < 4.78 is 0. The van der Waals surface area contributed by atoms with Gasteiger partial charge in [0.2, 0.25) is 0 Å². The maximum absolute atomic E-state index is 12.2. The van der Waals surface area contributed by atoms with E-state index in [1.54, 1.807) is 6.20 Å². The molecule has 21 heavy (non-hydrogen) atoms. The van der Waals surface area contributed by atoms with Crippen molar-refractivity contribution in [2.75, 3.05) is 13.1 Å². The Labute approximate surface area is 124 Å². The second-order valence-corrected chi connectivity index (χ2v) is 5.93. The Morgan fingerprint density at radius 2 is 2.24 bits per heavy atom. The van der Waals surface area contributed by atoms with Gasteiger partial charge in [0.15, 0.2) is 5.82 Å². The Balaban J connectivity index is 1.95. The number of aromatic nitrogens is 3. The highest BCUT2D eigenvalue weighted by molar-refractivity contribution is 5.49. The van der Waals surface area contributed by atoms with Gasteiger partial charge in [-0.05, 0) is 24.5 Å². The number of fused-ring (bicyclic) bond motifs is 1. The number of H-pyrrole nitrogens is 1. The first-order valence-corrected chi connectivity index (χ1v) is 7.39. The molecule has 1 N–H and O–H groups in total. The molecule has 3 rings (SSSR count). The number of rotatable bonds is 3. The van der Waals surface area contributed by atoms with Gasteiger partial charge in [-0.3, -0.25) is 14.7 Å². The van der Waals surface area contributed by atoms with Crippen molar-refractivity contribution in [3.8, 4) is 11.5 Å². The Kier molecular flexibility index (Phi) is 3.84. The van der Waals surface area contributed by atoms with Gasteiger partial charge >= 0.3 is 0 Å². The predicted octanol–water partition coefficient (Wildman–Crippen LogP) is 1.85. The molecule has 5 nitrogen and oxygen atoms in total. The first-order chi connectivity index (χ1) is 10.1. The second-order valence-electron chi connectivity index (χ2n) is 5.93. The SMILES string of the molecule is CC(C)CN1CCc2c(nc(-c3ccccn3)[nH]c2=O)C1. The highest BCUT2D eigenvalue weighted by atomic mass is 16.1. The number of hydrogen-bond acceptors (Lipinski definition) is 4. The van der Waals surface area contributed by atoms with Crippen molar-refractivity contribution in [1.29, 1.82) is 0 Å². The summed E-state index contributed by atoms with van der Waals surface area (Å²) in [5.74, 6) is 1.18.